The smallest absolute Gasteiger partial charge is 0.168 e. The number of halogens is 1. The lowest BCUT2D eigenvalue weighted by atomic mass is 9.88. The average molecular weight is 236 g/mol. The van der Waals surface area contributed by atoms with Crippen LogP contribution in [0.5, 0.6) is 0 Å². The number of carbonyl (C=O) groups is 1. The molecule has 0 bridgehead atoms. The first kappa shape index (κ1) is 12.0. The minimum atomic E-state index is -0.401. The van der Waals surface area contributed by atoms with Gasteiger partial charge in [0.2, 0.25) is 0 Å². The first-order chi connectivity index (χ1) is 8.08. The molecule has 92 valence electrons. The van der Waals surface area contributed by atoms with E-state index in [4.69, 9.17) is 5.73 Å². The normalized spacial score (nSPS) is 18.2. The van der Waals surface area contributed by atoms with Gasteiger partial charge in [-0.2, -0.15) is 0 Å². The van der Waals surface area contributed by atoms with Crippen molar-refractivity contribution in [2.45, 2.75) is 12.8 Å². The van der Waals surface area contributed by atoms with Gasteiger partial charge >= 0.3 is 0 Å². The highest BCUT2D eigenvalue weighted by Gasteiger charge is 2.25. The number of rotatable bonds is 2. The molecule has 0 saturated carbocycles. The average Bonchev–Trinajstić information content (AvgIpc) is 2.29. The second-order valence-corrected chi connectivity index (χ2v) is 4.67. The summed E-state index contributed by atoms with van der Waals surface area (Å²) in [6.07, 6.45) is 1.71. The Morgan fingerprint density at radius 1 is 1.41 bits per heavy atom. The Balaban J connectivity index is 2.14. The van der Waals surface area contributed by atoms with Gasteiger partial charge in [0, 0.05) is 17.2 Å². The summed E-state index contributed by atoms with van der Waals surface area (Å²) in [7, 11) is 2.05. The third kappa shape index (κ3) is 2.64. The molecule has 1 aromatic carbocycles. The number of Topliss-reactive ketones (excluding diaryl/α,β-unsaturated/α-hetero) is 1. The first-order valence-electron chi connectivity index (χ1n) is 5.85. The molecular formula is C13H17FN2O. The highest BCUT2D eigenvalue weighted by Crippen LogP contribution is 2.24. The Labute approximate surface area is 100 Å². The molecule has 0 aromatic heterocycles. The monoisotopic (exact) mass is 236 g/mol. The Morgan fingerprint density at radius 2 is 2.06 bits per heavy atom. The van der Waals surface area contributed by atoms with Crippen molar-refractivity contribution in [3.63, 3.8) is 0 Å². The molecule has 1 heterocycles. The van der Waals surface area contributed by atoms with Gasteiger partial charge in [0.05, 0.1) is 0 Å². The van der Waals surface area contributed by atoms with Crippen molar-refractivity contribution in [1.82, 2.24) is 4.90 Å². The SMILES string of the molecule is CN1CCC(C(=O)c2ccc(F)cc2N)CC1. The Morgan fingerprint density at radius 3 is 2.65 bits per heavy atom. The molecule has 1 aliphatic rings. The number of likely N-dealkylation sites (tertiary alicyclic amines) is 1. The van der Waals surface area contributed by atoms with Crippen molar-refractivity contribution in [3.8, 4) is 0 Å². The summed E-state index contributed by atoms with van der Waals surface area (Å²) in [5.74, 6) is -0.322. The van der Waals surface area contributed by atoms with Crippen LogP contribution < -0.4 is 5.73 Å². The molecule has 0 atom stereocenters. The van der Waals surface area contributed by atoms with E-state index < -0.39 is 5.82 Å². The maximum Gasteiger partial charge on any atom is 0.168 e. The molecule has 1 saturated heterocycles. The number of nitrogens with zero attached hydrogens (tertiary/aromatic N) is 1. The van der Waals surface area contributed by atoms with Crippen molar-refractivity contribution in [2.75, 3.05) is 25.9 Å². The van der Waals surface area contributed by atoms with Crippen molar-refractivity contribution in [2.24, 2.45) is 5.92 Å². The summed E-state index contributed by atoms with van der Waals surface area (Å²) in [6.45, 7) is 1.86. The molecule has 0 aliphatic carbocycles. The molecule has 1 aliphatic heterocycles. The van der Waals surface area contributed by atoms with E-state index in [1.165, 1.54) is 18.2 Å². The summed E-state index contributed by atoms with van der Waals surface area (Å²) in [5, 5.41) is 0. The van der Waals surface area contributed by atoms with E-state index >= 15 is 0 Å². The Hall–Kier alpha value is -1.42. The fourth-order valence-electron chi connectivity index (χ4n) is 2.25. The minimum Gasteiger partial charge on any atom is -0.398 e. The number of nitrogens with two attached hydrogens (primary N) is 1. The molecule has 0 radical (unpaired) electrons. The summed E-state index contributed by atoms with van der Waals surface area (Å²) in [5.41, 5.74) is 6.39. The van der Waals surface area contributed by atoms with E-state index in [2.05, 4.69) is 4.90 Å². The summed E-state index contributed by atoms with van der Waals surface area (Å²) in [6, 6.07) is 3.99. The van der Waals surface area contributed by atoms with Gasteiger partial charge < -0.3 is 10.6 Å². The van der Waals surface area contributed by atoms with E-state index in [-0.39, 0.29) is 17.4 Å². The topological polar surface area (TPSA) is 46.3 Å². The number of hydrogen-bond donors (Lipinski definition) is 1. The molecule has 4 heteroatoms. The number of ketones is 1. The molecule has 3 nitrogen and oxygen atoms in total. The quantitative estimate of drug-likeness (QED) is 0.630. The largest absolute Gasteiger partial charge is 0.398 e. The third-order valence-electron chi connectivity index (χ3n) is 3.37. The van der Waals surface area contributed by atoms with Gasteiger partial charge in [0.25, 0.3) is 0 Å². The Bertz CT molecular complexity index is 425. The van der Waals surface area contributed by atoms with Crippen LogP contribution in [0.15, 0.2) is 18.2 Å². The van der Waals surface area contributed by atoms with Crippen LogP contribution in [0.4, 0.5) is 10.1 Å². The van der Waals surface area contributed by atoms with E-state index in [0.717, 1.165) is 25.9 Å². The van der Waals surface area contributed by atoms with Crippen molar-refractivity contribution in [1.29, 1.82) is 0 Å². The van der Waals surface area contributed by atoms with E-state index in [1.54, 1.807) is 0 Å². The van der Waals surface area contributed by atoms with Gasteiger partial charge in [0.1, 0.15) is 5.82 Å². The summed E-state index contributed by atoms with van der Waals surface area (Å²) >= 11 is 0. The van der Waals surface area contributed by atoms with Crippen molar-refractivity contribution in [3.05, 3.63) is 29.6 Å². The van der Waals surface area contributed by atoms with E-state index in [0.29, 0.717) is 5.56 Å². The molecule has 0 amide bonds. The summed E-state index contributed by atoms with van der Waals surface area (Å²) < 4.78 is 12.9. The molecule has 1 fully saturated rings. The molecule has 1 aromatic rings. The fourth-order valence-corrected chi connectivity index (χ4v) is 2.25. The second kappa shape index (κ2) is 4.84. The number of benzene rings is 1. The number of piperidine rings is 1. The van der Waals surface area contributed by atoms with Crippen LogP contribution in [-0.4, -0.2) is 30.8 Å². The minimum absolute atomic E-state index is 0.0268. The van der Waals surface area contributed by atoms with Gasteiger partial charge in [-0.3, -0.25) is 4.79 Å². The standard InChI is InChI=1S/C13H17FN2O/c1-16-6-4-9(5-7-16)13(17)11-3-2-10(14)8-12(11)15/h2-3,8-9H,4-7,15H2,1H3. The van der Waals surface area contributed by atoms with Crippen LogP contribution in [0.3, 0.4) is 0 Å². The maximum atomic E-state index is 12.9. The first-order valence-corrected chi connectivity index (χ1v) is 5.85. The lowest BCUT2D eigenvalue weighted by Gasteiger charge is -2.28. The molecule has 0 unspecified atom stereocenters. The number of hydrogen-bond acceptors (Lipinski definition) is 3. The van der Waals surface area contributed by atoms with Gasteiger partial charge in [0.15, 0.2) is 5.78 Å². The van der Waals surface area contributed by atoms with Gasteiger partial charge in [-0.05, 0) is 51.2 Å². The van der Waals surface area contributed by atoms with Crippen LogP contribution in [0, 0.1) is 11.7 Å². The number of nitrogen functional groups attached to an aromatic ring is 1. The third-order valence-corrected chi connectivity index (χ3v) is 3.37. The molecule has 2 N–H and O–H groups in total. The highest BCUT2D eigenvalue weighted by atomic mass is 19.1. The number of anilines is 1. The zero-order chi connectivity index (χ0) is 12.4. The lowest BCUT2D eigenvalue weighted by Crippen LogP contribution is -2.33. The van der Waals surface area contributed by atoms with Gasteiger partial charge in [-0.15, -0.1) is 0 Å². The molecular weight excluding hydrogens is 219 g/mol. The zero-order valence-corrected chi connectivity index (χ0v) is 9.95. The predicted octanol–water partition coefficient (Wildman–Crippen LogP) is 1.93. The van der Waals surface area contributed by atoms with E-state index in [1.807, 2.05) is 7.05 Å². The molecule has 17 heavy (non-hydrogen) atoms. The zero-order valence-electron chi connectivity index (χ0n) is 9.95. The van der Waals surface area contributed by atoms with Crippen molar-refractivity contribution < 1.29 is 9.18 Å². The summed E-state index contributed by atoms with van der Waals surface area (Å²) in [4.78, 5) is 14.4. The van der Waals surface area contributed by atoms with Gasteiger partial charge in [-0.25, -0.2) is 4.39 Å². The fraction of sp³-hybridized carbons (Fsp3) is 0.462. The molecule has 0 spiro atoms. The van der Waals surface area contributed by atoms with Crippen molar-refractivity contribution >= 4 is 11.5 Å². The highest BCUT2D eigenvalue weighted by molar-refractivity contribution is 6.02. The molecule has 2 rings (SSSR count). The Kier molecular flexibility index (Phi) is 3.43. The lowest BCUT2D eigenvalue weighted by molar-refractivity contribution is 0.0857. The van der Waals surface area contributed by atoms with E-state index in [9.17, 15) is 9.18 Å². The van der Waals surface area contributed by atoms with Crippen LogP contribution in [0.2, 0.25) is 0 Å². The predicted molar refractivity (Wildman–Crippen MR) is 65.4 cm³/mol. The number of carbonyl (C=O) groups excluding carboxylic acids is 1. The van der Waals surface area contributed by atoms with Crippen LogP contribution >= 0.6 is 0 Å². The maximum absolute atomic E-state index is 12.9. The van der Waals surface area contributed by atoms with Crippen LogP contribution in [0.1, 0.15) is 23.2 Å². The van der Waals surface area contributed by atoms with Crippen LogP contribution in [-0.2, 0) is 0 Å². The van der Waals surface area contributed by atoms with Gasteiger partial charge in [-0.1, -0.05) is 0 Å². The van der Waals surface area contributed by atoms with Crippen LogP contribution in [0.25, 0.3) is 0 Å². The second-order valence-electron chi connectivity index (χ2n) is 4.67.